The van der Waals surface area contributed by atoms with Crippen molar-refractivity contribution in [2.75, 3.05) is 12.3 Å². The van der Waals surface area contributed by atoms with Gasteiger partial charge in [0.1, 0.15) is 5.82 Å². The molecule has 1 saturated heterocycles. The average molecular weight is 218 g/mol. The van der Waals surface area contributed by atoms with Crippen LogP contribution in [0.4, 0.5) is 4.39 Å². The van der Waals surface area contributed by atoms with Gasteiger partial charge in [0.2, 0.25) is 0 Å². The van der Waals surface area contributed by atoms with Crippen molar-refractivity contribution in [3.05, 3.63) is 34.6 Å². The molecular weight excluding hydrogens is 209 g/mol. The topological polar surface area (TPSA) is 12.0 Å². The van der Waals surface area contributed by atoms with E-state index < -0.39 is 0 Å². The van der Waals surface area contributed by atoms with Gasteiger partial charge in [-0.15, -0.1) is 11.8 Å². The van der Waals surface area contributed by atoms with Gasteiger partial charge in [-0.05, 0) is 17.7 Å². The first kappa shape index (κ1) is 9.31. The van der Waals surface area contributed by atoms with Crippen LogP contribution < -0.4 is 5.32 Å². The summed E-state index contributed by atoms with van der Waals surface area (Å²) in [4.78, 5) is 0. The van der Waals surface area contributed by atoms with E-state index in [1.54, 1.807) is 12.1 Å². The van der Waals surface area contributed by atoms with Crippen molar-refractivity contribution in [2.24, 2.45) is 0 Å². The van der Waals surface area contributed by atoms with Crippen molar-refractivity contribution in [3.63, 3.8) is 0 Å². The van der Waals surface area contributed by atoms with Crippen LogP contribution >= 0.6 is 23.4 Å². The standard InChI is InChI=1S/C9H9ClFNS/c10-7-5-6(1-2-8(7)11)9-12-3-4-13-9/h1-2,5,9,12H,3-4H2. The van der Waals surface area contributed by atoms with Gasteiger partial charge in [0.25, 0.3) is 0 Å². The Kier molecular flexibility index (Phi) is 2.77. The fourth-order valence-electron chi connectivity index (χ4n) is 1.32. The Morgan fingerprint density at radius 3 is 3.00 bits per heavy atom. The van der Waals surface area contributed by atoms with Crippen LogP contribution in [0.2, 0.25) is 5.02 Å². The second-order valence-electron chi connectivity index (χ2n) is 2.88. The van der Waals surface area contributed by atoms with Crippen LogP contribution in [-0.4, -0.2) is 12.3 Å². The predicted octanol–water partition coefficient (Wildman–Crippen LogP) is 2.81. The minimum absolute atomic E-state index is 0.201. The molecule has 1 heterocycles. The van der Waals surface area contributed by atoms with E-state index in [9.17, 15) is 4.39 Å². The van der Waals surface area contributed by atoms with Crippen molar-refractivity contribution < 1.29 is 4.39 Å². The first-order valence-electron chi connectivity index (χ1n) is 4.07. The van der Waals surface area contributed by atoms with Crippen molar-refractivity contribution in [1.82, 2.24) is 5.32 Å². The molecule has 0 bridgehead atoms. The van der Waals surface area contributed by atoms with Crippen LogP contribution in [0.15, 0.2) is 18.2 Å². The molecule has 0 spiro atoms. The van der Waals surface area contributed by atoms with E-state index in [1.807, 2.05) is 11.8 Å². The molecule has 0 aliphatic carbocycles. The molecule has 1 aliphatic rings. The summed E-state index contributed by atoms with van der Waals surface area (Å²) in [6.07, 6.45) is 0. The fourth-order valence-corrected chi connectivity index (χ4v) is 2.55. The minimum Gasteiger partial charge on any atom is -0.301 e. The van der Waals surface area contributed by atoms with Crippen LogP contribution in [0, 0.1) is 5.82 Å². The first-order chi connectivity index (χ1) is 6.27. The zero-order valence-electron chi connectivity index (χ0n) is 6.89. The monoisotopic (exact) mass is 217 g/mol. The Morgan fingerprint density at radius 2 is 2.38 bits per heavy atom. The van der Waals surface area contributed by atoms with E-state index in [-0.39, 0.29) is 16.2 Å². The van der Waals surface area contributed by atoms with E-state index in [0.29, 0.717) is 0 Å². The molecule has 1 N–H and O–H groups in total. The molecule has 1 aromatic rings. The van der Waals surface area contributed by atoms with Gasteiger partial charge in [-0.2, -0.15) is 0 Å². The maximum atomic E-state index is 12.8. The first-order valence-corrected chi connectivity index (χ1v) is 5.50. The third-order valence-corrected chi connectivity index (χ3v) is 3.46. The molecule has 1 nitrogen and oxygen atoms in total. The summed E-state index contributed by atoms with van der Waals surface area (Å²) in [6.45, 7) is 1.00. The lowest BCUT2D eigenvalue weighted by molar-refractivity contribution is 0.626. The summed E-state index contributed by atoms with van der Waals surface area (Å²) in [5, 5.41) is 3.78. The second-order valence-corrected chi connectivity index (χ2v) is 4.50. The summed E-state index contributed by atoms with van der Waals surface area (Å²) in [6, 6.07) is 4.88. The van der Waals surface area contributed by atoms with Crippen molar-refractivity contribution >= 4 is 23.4 Å². The zero-order chi connectivity index (χ0) is 9.26. The van der Waals surface area contributed by atoms with Crippen molar-refractivity contribution in [1.29, 1.82) is 0 Å². The number of hydrogen-bond acceptors (Lipinski definition) is 2. The predicted molar refractivity (Wildman–Crippen MR) is 54.6 cm³/mol. The molecule has 0 saturated carbocycles. The summed E-state index contributed by atoms with van der Waals surface area (Å²) in [7, 11) is 0. The summed E-state index contributed by atoms with van der Waals surface area (Å²) >= 11 is 7.50. The molecular formula is C9H9ClFNS. The van der Waals surface area contributed by atoms with Gasteiger partial charge in [-0.1, -0.05) is 17.7 Å². The highest BCUT2D eigenvalue weighted by Gasteiger charge is 2.17. The number of rotatable bonds is 1. The van der Waals surface area contributed by atoms with Gasteiger partial charge in [-0.3, -0.25) is 0 Å². The maximum Gasteiger partial charge on any atom is 0.141 e. The number of nitrogens with one attached hydrogen (secondary N) is 1. The second kappa shape index (κ2) is 3.86. The Morgan fingerprint density at radius 1 is 1.54 bits per heavy atom. The SMILES string of the molecule is Fc1ccc(C2NCCS2)cc1Cl. The largest absolute Gasteiger partial charge is 0.301 e. The van der Waals surface area contributed by atoms with Gasteiger partial charge in [0.15, 0.2) is 0 Å². The maximum absolute atomic E-state index is 12.8. The molecule has 13 heavy (non-hydrogen) atoms. The van der Waals surface area contributed by atoms with E-state index in [1.165, 1.54) is 6.07 Å². The molecule has 0 amide bonds. The fraction of sp³-hybridized carbons (Fsp3) is 0.333. The van der Waals surface area contributed by atoms with E-state index in [2.05, 4.69) is 5.32 Å². The molecule has 4 heteroatoms. The summed E-state index contributed by atoms with van der Waals surface area (Å²) < 4.78 is 12.8. The Balaban J connectivity index is 2.25. The van der Waals surface area contributed by atoms with E-state index >= 15 is 0 Å². The van der Waals surface area contributed by atoms with Crippen molar-refractivity contribution in [2.45, 2.75) is 5.37 Å². The van der Waals surface area contributed by atoms with Gasteiger partial charge in [0, 0.05) is 12.3 Å². The molecule has 0 radical (unpaired) electrons. The molecule has 2 rings (SSSR count). The van der Waals surface area contributed by atoms with Gasteiger partial charge in [-0.25, -0.2) is 4.39 Å². The van der Waals surface area contributed by atoms with Crippen LogP contribution in [0.3, 0.4) is 0 Å². The molecule has 1 unspecified atom stereocenters. The average Bonchev–Trinajstić information content (AvgIpc) is 2.62. The smallest absolute Gasteiger partial charge is 0.141 e. The summed E-state index contributed by atoms with van der Waals surface area (Å²) in [5.74, 6) is 0.744. The van der Waals surface area contributed by atoms with E-state index in [4.69, 9.17) is 11.6 Å². The Labute approximate surface area is 85.7 Å². The molecule has 1 atom stereocenters. The summed E-state index contributed by atoms with van der Waals surface area (Å²) in [5.41, 5.74) is 1.05. The Bertz CT molecular complexity index is 312. The molecule has 0 aromatic heterocycles. The van der Waals surface area contributed by atoms with E-state index in [0.717, 1.165) is 17.9 Å². The molecule has 70 valence electrons. The van der Waals surface area contributed by atoms with Crippen LogP contribution in [0.25, 0.3) is 0 Å². The highest BCUT2D eigenvalue weighted by Crippen LogP contribution is 2.31. The normalized spacial score (nSPS) is 22.2. The highest BCUT2D eigenvalue weighted by molar-refractivity contribution is 7.99. The number of hydrogen-bond donors (Lipinski definition) is 1. The van der Waals surface area contributed by atoms with Crippen LogP contribution in [-0.2, 0) is 0 Å². The minimum atomic E-state index is -0.353. The van der Waals surface area contributed by atoms with Crippen LogP contribution in [0.5, 0.6) is 0 Å². The number of benzene rings is 1. The third-order valence-electron chi connectivity index (χ3n) is 1.96. The van der Waals surface area contributed by atoms with Gasteiger partial charge >= 0.3 is 0 Å². The quantitative estimate of drug-likeness (QED) is 0.777. The molecule has 1 aliphatic heterocycles. The molecule has 1 fully saturated rings. The van der Waals surface area contributed by atoms with Crippen LogP contribution in [0.1, 0.15) is 10.9 Å². The van der Waals surface area contributed by atoms with Crippen molar-refractivity contribution in [3.8, 4) is 0 Å². The van der Waals surface area contributed by atoms with Gasteiger partial charge in [0.05, 0.1) is 10.4 Å². The zero-order valence-corrected chi connectivity index (χ0v) is 8.46. The third kappa shape index (κ3) is 1.98. The Hall–Kier alpha value is -0.250. The lowest BCUT2D eigenvalue weighted by atomic mass is 10.2. The number of thioether (sulfide) groups is 1. The number of halogens is 2. The van der Waals surface area contributed by atoms with Gasteiger partial charge < -0.3 is 5.32 Å². The lowest BCUT2D eigenvalue weighted by Gasteiger charge is -2.09. The highest BCUT2D eigenvalue weighted by atomic mass is 35.5. The molecule has 1 aromatic carbocycles. The lowest BCUT2D eigenvalue weighted by Crippen LogP contribution is -2.11.